The van der Waals surface area contributed by atoms with E-state index in [0.717, 1.165) is 18.0 Å². The highest BCUT2D eigenvalue weighted by Crippen LogP contribution is 2.08. The van der Waals surface area contributed by atoms with Crippen molar-refractivity contribution in [2.24, 2.45) is 10.7 Å². The largest absolute Gasteiger partial charge is 0.370 e. The molecule has 2 N–H and O–H groups in total. The fourth-order valence-corrected chi connectivity index (χ4v) is 3.11. The van der Waals surface area contributed by atoms with Gasteiger partial charge < -0.3 is 10.6 Å². The van der Waals surface area contributed by atoms with Gasteiger partial charge in [0.25, 0.3) is 0 Å². The maximum Gasteiger partial charge on any atom is 0.191 e. The van der Waals surface area contributed by atoms with Crippen molar-refractivity contribution in [3.8, 4) is 0 Å². The van der Waals surface area contributed by atoms with E-state index in [0.29, 0.717) is 18.3 Å². The van der Waals surface area contributed by atoms with Gasteiger partial charge in [-0.2, -0.15) is 0 Å². The van der Waals surface area contributed by atoms with Gasteiger partial charge in [-0.25, -0.2) is 0 Å². The first-order chi connectivity index (χ1) is 9.27. The number of halogens is 1. The molecule has 1 saturated heterocycles. The summed E-state index contributed by atoms with van der Waals surface area (Å²) in [6.45, 7) is 2.51. The van der Waals surface area contributed by atoms with Crippen molar-refractivity contribution in [3.63, 3.8) is 0 Å². The van der Waals surface area contributed by atoms with E-state index in [9.17, 15) is 4.21 Å². The average molecular weight is 407 g/mol. The normalized spacial score (nSPS) is 17.4. The minimum absolute atomic E-state index is 0. The van der Waals surface area contributed by atoms with E-state index in [1.807, 2.05) is 30.3 Å². The minimum atomic E-state index is -0.986. The van der Waals surface area contributed by atoms with Crippen molar-refractivity contribution >= 4 is 40.7 Å². The molecule has 0 aromatic heterocycles. The Labute approximate surface area is 140 Å². The lowest BCUT2D eigenvalue weighted by atomic mass is 10.1. The fraction of sp³-hybridized carbons (Fsp3) is 0.500. The highest BCUT2D eigenvalue weighted by Gasteiger charge is 2.11. The molecule has 1 aliphatic rings. The first kappa shape index (κ1) is 17.4. The summed E-state index contributed by atoms with van der Waals surface area (Å²) in [5, 5.41) is 0. The van der Waals surface area contributed by atoms with Gasteiger partial charge in [0, 0.05) is 23.7 Å². The van der Waals surface area contributed by atoms with Crippen molar-refractivity contribution in [3.05, 3.63) is 30.3 Å². The predicted octanol–water partition coefficient (Wildman–Crippen LogP) is 2.21. The molecule has 0 spiro atoms. The molecule has 1 aromatic carbocycles. The Morgan fingerprint density at radius 3 is 2.50 bits per heavy atom. The summed E-state index contributed by atoms with van der Waals surface area (Å²) in [5.41, 5.74) is 5.95. The van der Waals surface area contributed by atoms with Crippen LogP contribution in [0.3, 0.4) is 0 Å². The number of hydrogen-bond donors (Lipinski definition) is 1. The topological polar surface area (TPSA) is 58.7 Å². The lowest BCUT2D eigenvalue weighted by Gasteiger charge is -2.27. The van der Waals surface area contributed by atoms with Gasteiger partial charge in [0.1, 0.15) is 0 Å². The first-order valence-corrected chi connectivity index (χ1v) is 8.07. The lowest BCUT2D eigenvalue weighted by molar-refractivity contribution is 0.338. The molecule has 1 atom stereocenters. The predicted molar refractivity (Wildman–Crippen MR) is 95.0 cm³/mol. The Balaban J connectivity index is 0.00000200. The molecule has 1 unspecified atom stereocenters. The van der Waals surface area contributed by atoms with Gasteiger partial charge >= 0.3 is 0 Å². The fourth-order valence-electron chi connectivity index (χ4n) is 2.16. The summed E-state index contributed by atoms with van der Waals surface area (Å²) in [5.74, 6) is 1.13. The number of guanidine groups is 1. The van der Waals surface area contributed by atoms with Crippen LogP contribution in [-0.4, -0.2) is 40.5 Å². The first-order valence-electron chi connectivity index (χ1n) is 6.75. The minimum Gasteiger partial charge on any atom is -0.370 e. The van der Waals surface area contributed by atoms with E-state index >= 15 is 0 Å². The van der Waals surface area contributed by atoms with E-state index in [-0.39, 0.29) is 24.0 Å². The molecule has 2 rings (SSSR count). The van der Waals surface area contributed by atoms with Gasteiger partial charge in [-0.1, -0.05) is 18.2 Å². The van der Waals surface area contributed by atoms with Crippen LogP contribution in [0.1, 0.15) is 19.3 Å². The van der Waals surface area contributed by atoms with Crippen molar-refractivity contribution in [1.29, 1.82) is 0 Å². The van der Waals surface area contributed by atoms with Gasteiger partial charge in [0.15, 0.2) is 5.96 Å². The zero-order valence-electron chi connectivity index (χ0n) is 11.5. The molecule has 0 radical (unpaired) electrons. The van der Waals surface area contributed by atoms with Crippen LogP contribution < -0.4 is 5.73 Å². The number of aliphatic imine (C=N–C) groups is 1. The third-order valence-electron chi connectivity index (χ3n) is 3.24. The molecule has 0 aliphatic carbocycles. The second-order valence-corrected chi connectivity index (χ2v) is 6.22. The molecule has 6 heteroatoms. The number of likely N-dealkylation sites (tertiary alicyclic amines) is 1. The van der Waals surface area contributed by atoms with Gasteiger partial charge in [-0.15, -0.1) is 24.0 Å². The summed E-state index contributed by atoms with van der Waals surface area (Å²) in [7, 11) is -0.986. The summed E-state index contributed by atoms with van der Waals surface area (Å²) in [6, 6.07) is 9.49. The molecular formula is C14H22IN3OS. The van der Waals surface area contributed by atoms with Crippen LogP contribution in [0.4, 0.5) is 0 Å². The van der Waals surface area contributed by atoms with Gasteiger partial charge in [0.05, 0.1) is 17.3 Å². The van der Waals surface area contributed by atoms with Crippen LogP contribution in [0.15, 0.2) is 40.2 Å². The van der Waals surface area contributed by atoms with Crippen LogP contribution in [0.5, 0.6) is 0 Å². The summed E-state index contributed by atoms with van der Waals surface area (Å²) in [4.78, 5) is 7.32. The quantitative estimate of drug-likeness (QED) is 0.473. The van der Waals surface area contributed by atoms with E-state index in [1.54, 1.807) is 0 Å². The standard InChI is InChI=1S/C14H21N3OS.HI/c15-14(17-10-5-2-6-11-17)16-9-12-19(18)13-7-3-1-4-8-13;/h1,3-4,7-8H,2,5-6,9-12H2,(H2,15,16);1H. The van der Waals surface area contributed by atoms with E-state index < -0.39 is 10.8 Å². The van der Waals surface area contributed by atoms with E-state index in [1.165, 1.54) is 19.3 Å². The smallest absolute Gasteiger partial charge is 0.191 e. The molecule has 112 valence electrons. The highest BCUT2D eigenvalue weighted by molar-refractivity contribution is 14.0. The van der Waals surface area contributed by atoms with Crippen LogP contribution in [0, 0.1) is 0 Å². The summed E-state index contributed by atoms with van der Waals surface area (Å²) >= 11 is 0. The Morgan fingerprint density at radius 2 is 1.85 bits per heavy atom. The van der Waals surface area contributed by atoms with Gasteiger partial charge in [0.2, 0.25) is 0 Å². The number of nitrogens with zero attached hydrogens (tertiary/aromatic N) is 2. The summed E-state index contributed by atoms with van der Waals surface area (Å²) < 4.78 is 12.0. The Morgan fingerprint density at radius 1 is 1.20 bits per heavy atom. The molecule has 0 amide bonds. The van der Waals surface area contributed by atoms with E-state index in [2.05, 4.69) is 9.89 Å². The highest BCUT2D eigenvalue weighted by atomic mass is 127. The molecular weight excluding hydrogens is 385 g/mol. The van der Waals surface area contributed by atoms with Crippen molar-refractivity contribution in [1.82, 2.24) is 4.90 Å². The SMILES string of the molecule is I.NC(=NCCS(=O)c1ccccc1)N1CCCCC1. The summed E-state index contributed by atoms with van der Waals surface area (Å²) in [6.07, 6.45) is 3.65. The molecule has 4 nitrogen and oxygen atoms in total. The average Bonchev–Trinajstić information content (AvgIpc) is 2.49. The molecule has 20 heavy (non-hydrogen) atoms. The van der Waals surface area contributed by atoms with Gasteiger partial charge in [-0.05, 0) is 31.4 Å². The maximum absolute atomic E-state index is 12.0. The zero-order chi connectivity index (χ0) is 13.5. The molecule has 1 aliphatic heterocycles. The Kier molecular flexibility index (Phi) is 8.13. The molecule has 1 fully saturated rings. The van der Waals surface area contributed by atoms with Crippen molar-refractivity contribution in [2.75, 3.05) is 25.4 Å². The van der Waals surface area contributed by atoms with E-state index in [4.69, 9.17) is 5.73 Å². The Bertz CT molecular complexity index is 447. The molecule has 1 aromatic rings. The zero-order valence-corrected chi connectivity index (χ0v) is 14.7. The Hall–Kier alpha value is -0.630. The molecule has 0 bridgehead atoms. The van der Waals surface area contributed by atoms with Crippen molar-refractivity contribution < 1.29 is 4.21 Å². The monoisotopic (exact) mass is 407 g/mol. The van der Waals surface area contributed by atoms with Crippen LogP contribution in [0.2, 0.25) is 0 Å². The number of rotatable bonds is 4. The lowest BCUT2D eigenvalue weighted by Crippen LogP contribution is -2.41. The van der Waals surface area contributed by atoms with Crippen LogP contribution >= 0.6 is 24.0 Å². The number of nitrogens with two attached hydrogens (primary N) is 1. The number of hydrogen-bond acceptors (Lipinski definition) is 2. The molecule has 0 saturated carbocycles. The van der Waals surface area contributed by atoms with Crippen LogP contribution in [0.25, 0.3) is 0 Å². The second kappa shape index (κ2) is 9.33. The van der Waals surface area contributed by atoms with Crippen LogP contribution in [-0.2, 0) is 10.8 Å². The number of benzene rings is 1. The molecule has 1 heterocycles. The maximum atomic E-state index is 12.0. The third kappa shape index (κ3) is 5.40. The van der Waals surface area contributed by atoms with Gasteiger partial charge in [-0.3, -0.25) is 9.20 Å². The third-order valence-corrected chi connectivity index (χ3v) is 4.59. The number of piperidine rings is 1. The second-order valence-electron chi connectivity index (χ2n) is 4.65. The van der Waals surface area contributed by atoms with Crippen molar-refractivity contribution in [2.45, 2.75) is 24.2 Å².